The van der Waals surface area contributed by atoms with E-state index in [0.717, 1.165) is 34.9 Å². The monoisotopic (exact) mass is 704 g/mol. The van der Waals surface area contributed by atoms with Gasteiger partial charge in [-0.05, 0) is 58.4 Å². The van der Waals surface area contributed by atoms with Gasteiger partial charge in [0, 0.05) is 58.3 Å². The summed E-state index contributed by atoms with van der Waals surface area (Å²) in [6.07, 6.45) is 2.12. The van der Waals surface area contributed by atoms with Gasteiger partial charge >= 0.3 is 0 Å². The molecule has 5 rings (SSSR count). The van der Waals surface area contributed by atoms with E-state index in [-0.39, 0.29) is 71.1 Å². The van der Waals surface area contributed by atoms with Crippen molar-refractivity contribution in [2.24, 2.45) is 10.8 Å². The Hall–Kier alpha value is -1.12. The van der Waals surface area contributed by atoms with Crippen molar-refractivity contribution in [1.82, 2.24) is 9.38 Å². The van der Waals surface area contributed by atoms with Crippen molar-refractivity contribution in [2.75, 3.05) is 0 Å². The molecule has 0 fully saturated rings. The minimum absolute atomic E-state index is 0. The summed E-state index contributed by atoms with van der Waals surface area (Å²) in [5.41, 5.74) is 7.80. The molecule has 2 nitrogen and oxygen atoms in total. The number of para-hydroxylation sites is 2. The van der Waals surface area contributed by atoms with Crippen molar-refractivity contribution < 1.29 is 52.8 Å². The van der Waals surface area contributed by atoms with Crippen LogP contribution in [-0.2, 0) is 65.7 Å². The van der Waals surface area contributed by atoms with Gasteiger partial charge in [0.15, 0.2) is 0 Å². The number of hydrogen-bond acceptors (Lipinski definition) is 1. The second-order valence-corrected chi connectivity index (χ2v) is 11.3. The van der Waals surface area contributed by atoms with Gasteiger partial charge in [0.1, 0.15) is 0 Å². The first-order chi connectivity index (χ1) is 14.6. The smallest absolute Gasteiger partial charge is 0.0774 e. The van der Waals surface area contributed by atoms with Gasteiger partial charge in [-0.15, -0.1) is 29.7 Å². The molecule has 0 unspecified atom stereocenters. The van der Waals surface area contributed by atoms with Crippen LogP contribution in [0.3, 0.4) is 0 Å². The summed E-state index contributed by atoms with van der Waals surface area (Å²) in [7, 11) is 0. The number of pyridine rings is 1. The molecule has 2 aromatic heterocycles. The molecular weight excluding hydrogens is 669 g/mol. The predicted molar refractivity (Wildman–Crippen MR) is 139 cm³/mol. The van der Waals surface area contributed by atoms with E-state index in [1.54, 1.807) is 0 Å². The Bertz CT molecular complexity index is 1450. The van der Waals surface area contributed by atoms with Gasteiger partial charge in [0.05, 0.1) is 16.7 Å². The minimum atomic E-state index is 0. The van der Waals surface area contributed by atoms with Crippen LogP contribution in [0, 0.1) is 24.3 Å². The molecule has 2 heterocycles. The Balaban J connectivity index is 0.00000136. The number of imidazole rings is 1. The van der Waals surface area contributed by atoms with Crippen LogP contribution in [0.5, 0.6) is 0 Å². The third kappa shape index (κ3) is 5.49. The SMILES string of the molecule is CC(C)(C)Cc1cc2c3ccc[c-]c3c3nc4ccccc4n3c2cc1CC(C)(C)C.[CH3-].[Ir].[Y]. The van der Waals surface area contributed by atoms with Gasteiger partial charge in [-0.1, -0.05) is 65.1 Å². The zero-order chi connectivity index (χ0) is 22.0. The van der Waals surface area contributed by atoms with Crippen LogP contribution in [0.2, 0.25) is 0 Å². The maximum absolute atomic E-state index is 5.01. The zero-order valence-corrected chi connectivity index (χ0v) is 26.6. The quantitative estimate of drug-likeness (QED) is 0.134. The second-order valence-electron chi connectivity index (χ2n) is 11.3. The van der Waals surface area contributed by atoms with E-state index in [2.05, 4.69) is 101 Å². The molecular formula is C30H34IrN2Y-2. The minimum Gasteiger partial charge on any atom is -0.358 e. The molecule has 0 amide bonds. The molecule has 4 heteroatoms. The van der Waals surface area contributed by atoms with E-state index in [4.69, 9.17) is 4.98 Å². The molecule has 34 heavy (non-hydrogen) atoms. The van der Waals surface area contributed by atoms with Crippen LogP contribution >= 0.6 is 0 Å². The van der Waals surface area contributed by atoms with E-state index in [1.807, 2.05) is 6.07 Å². The van der Waals surface area contributed by atoms with Gasteiger partial charge in [-0.2, -0.15) is 0 Å². The standard InChI is InChI=1S/C29H31N2.CH3.Ir.Y/c1-28(2,3)17-19-15-23-21-11-7-8-12-22(21)27-30-24-13-9-10-14-25(24)31(27)26(23)16-20(19)18-29(4,5)6;;;/h7-11,13-16H,17-18H2,1-6H3;1H3;;/q2*-1;;. The molecule has 0 saturated carbocycles. The molecule has 2 radical (unpaired) electrons. The number of aromatic nitrogens is 2. The van der Waals surface area contributed by atoms with Crippen LogP contribution in [0.4, 0.5) is 0 Å². The third-order valence-corrected chi connectivity index (χ3v) is 5.93. The molecule has 0 N–H and O–H groups in total. The molecule has 0 aliphatic heterocycles. The maximum atomic E-state index is 5.01. The van der Waals surface area contributed by atoms with Crippen LogP contribution in [0.25, 0.3) is 38.4 Å². The third-order valence-electron chi connectivity index (χ3n) is 5.93. The molecule has 0 atom stereocenters. The molecule has 0 bridgehead atoms. The zero-order valence-electron chi connectivity index (χ0n) is 21.4. The van der Waals surface area contributed by atoms with Gasteiger partial charge in [-0.25, -0.2) is 0 Å². The number of fused-ring (bicyclic) bond motifs is 8. The first-order valence-corrected chi connectivity index (χ1v) is 11.3. The predicted octanol–water partition coefficient (Wildman–Crippen LogP) is 8.22. The Morgan fingerprint density at radius 2 is 1.41 bits per heavy atom. The molecule has 0 aliphatic carbocycles. The normalized spacial score (nSPS) is 11.9. The average Bonchev–Trinajstić information content (AvgIpc) is 3.07. The van der Waals surface area contributed by atoms with Crippen LogP contribution < -0.4 is 0 Å². The number of hydrogen-bond donors (Lipinski definition) is 0. The topological polar surface area (TPSA) is 17.3 Å². The second kappa shape index (κ2) is 10.5. The molecule has 3 aromatic carbocycles. The van der Waals surface area contributed by atoms with Gasteiger partial charge in [0.2, 0.25) is 0 Å². The fraction of sp³-hybridized carbons (Fsp3) is 0.333. The molecule has 0 saturated heterocycles. The van der Waals surface area contributed by atoms with Gasteiger partial charge in [0.25, 0.3) is 0 Å². The van der Waals surface area contributed by atoms with Gasteiger partial charge in [-0.3, -0.25) is 4.98 Å². The summed E-state index contributed by atoms with van der Waals surface area (Å²) in [6.45, 7) is 14.0. The first-order valence-electron chi connectivity index (χ1n) is 11.3. The fourth-order valence-electron chi connectivity index (χ4n) is 4.83. The number of nitrogens with zero attached hydrogens (tertiary/aromatic N) is 2. The van der Waals surface area contributed by atoms with E-state index in [1.165, 1.54) is 27.4 Å². The summed E-state index contributed by atoms with van der Waals surface area (Å²) in [4.78, 5) is 5.01. The van der Waals surface area contributed by atoms with Crippen molar-refractivity contribution in [2.45, 2.75) is 54.4 Å². The maximum Gasteiger partial charge on any atom is 0.0774 e. The average molecular weight is 704 g/mol. The van der Waals surface area contributed by atoms with Crippen molar-refractivity contribution in [3.05, 3.63) is 79.2 Å². The molecule has 0 aliphatic rings. The van der Waals surface area contributed by atoms with E-state index in [9.17, 15) is 0 Å². The van der Waals surface area contributed by atoms with E-state index in [0.29, 0.717) is 0 Å². The van der Waals surface area contributed by atoms with Crippen molar-refractivity contribution in [3.63, 3.8) is 0 Å². The largest absolute Gasteiger partial charge is 0.358 e. The van der Waals surface area contributed by atoms with E-state index >= 15 is 0 Å². The van der Waals surface area contributed by atoms with Gasteiger partial charge < -0.3 is 11.8 Å². The van der Waals surface area contributed by atoms with Crippen LogP contribution in [-0.4, -0.2) is 9.38 Å². The fourth-order valence-corrected chi connectivity index (χ4v) is 4.83. The van der Waals surface area contributed by atoms with Crippen molar-refractivity contribution in [3.8, 4) is 0 Å². The van der Waals surface area contributed by atoms with Crippen molar-refractivity contribution in [1.29, 1.82) is 0 Å². The Morgan fingerprint density at radius 1 is 0.794 bits per heavy atom. The summed E-state index contributed by atoms with van der Waals surface area (Å²) >= 11 is 0. The number of benzene rings is 3. The number of rotatable bonds is 2. The summed E-state index contributed by atoms with van der Waals surface area (Å²) < 4.78 is 2.34. The van der Waals surface area contributed by atoms with E-state index < -0.39 is 0 Å². The molecule has 178 valence electrons. The molecule has 0 spiro atoms. The van der Waals surface area contributed by atoms with Crippen LogP contribution in [0.15, 0.2) is 54.6 Å². The summed E-state index contributed by atoms with van der Waals surface area (Å²) in [5.74, 6) is 0. The summed E-state index contributed by atoms with van der Waals surface area (Å²) in [6, 6.07) is 23.1. The Morgan fingerprint density at radius 3 is 2.06 bits per heavy atom. The Labute approximate surface area is 243 Å². The van der Waals surface area contributed by atoms with Crippen LogP contribution in [0.1, 0.15) is 52.7 Å². The first kappa shape index (κ1) is 29.1. The molecule has 5 aromatic rings. The summed E-state index contributed by atoms with van der Waals surface area (Å²) in [5, 5.41) is 3.62. The van der Waals surface area contributed by atoms with Crippen molar-refractivity contribution >= 4 is 38.4 Å². The Kier molecular flexibility index (Phi) is 8.97.